The van der Waals surface area contributed by atoms with E-state index in [9.17, 15) is 0 Å². The van der Waals surface area contributed by atoms with Crippen LogP contribution in [0.15, 0.2) is 18.2 Å². The number of hydrogen-bond donors (Lipinski definition) is 2. The van der Waals surface area contributed by atoms with E-state index in [2.05, 4.69) is 21.6 Å². The molecule has 2 N–H and O–H groups in total. The molecule has 1 aromatic rings. The molecule has 1 aromatic carbocycles. The minimum absolute atomic E-state index is 0.561. The van der Waals surface area contributed by atoms with Crippen LogP contribution in [0.5, 0.6) is 0 Å². The van der Waals surface area contributed by atoms with E-state index in [0.29, 0.717) is 6.04 Å². The summed E-state index contributed by atoms with van der Waals surface area (Å²) in [7, 11) is 0. The van der Waals surface area contributed by atoms with Gasteiger partial charge in [-0.05, 0) is 24.1 Å². The van der Waals surface area contributed by atoms with Gasteiger partial charge in [0.1, 0.15) is 0 Å². The monoisotopic (exact) mass is 251 g/mol. The Kier molecular flexibility index (Phi) is 3.23. The molecule has 1 unspecified atom stereocenters. The van der Waals surface area contributed by atoms with Crippen molar-refractivity contribution in [1.29, 1.82) is 0 Å². The van der Waals surface area contributed by atoms with Crippen LogP contribution in [0.4, 0.5) is 5.69 Å². The van der Waals surface area contributed by atoms with Gasteiger partial charge in [0.15, 0.2) is 0 Å². The standard InChI is InChI=1S/C13H18ClN3/c14-10-1-2-11-12(9-10)16-4-3-13(11)17-7-5-15-6-8-17/h1-2,9,13,15-16H,3-8H2. The van der Waals surface area contributed by atoms with Crippen LogP contribution in [-0.4, -0.2) is 37.6 Å². The van der Waals surface area contributed by atoms with E-state index in [4.69, 9.17) is 11.6 Å². The Balaban J connectivity index is 1.88. The lowest BCUT2D eigenvalue weighted by atomic mass is 9.96. The van der Waals surface area contributed by atoms with Gasteiger partial charge >= 0.3 is 0 Å². The third kappa shape index (κ3) is 2.28. The SMILES string of the molecule is Clc1ccc2c(c1)NCCC2N1CCNCC1. The zero-order valence-electron chi connectivity index (χ0n) is 9.88. The second-order valence-electron chi connectivity index (χ2n) is 4.75. The predicted octanol–water partition coefficient (Wildman–Crippen LogP) is 2.10. The minimum Gasteiger partial charge on any atom is -0.385 e. The lowest BCUT2D eigenvalue weighted by molar-refractivity contribution is 0.166. The molecular formula is C13H18ClN3. The van der Waals surface area contributed by atoms with E-state index in [1.54, 1.807) is 0 Å². The first-order valence-corrected chi connectivity index (χ1v) is 6.70. The fourth-order valence-corrected chi connectivity index (χ4v) is 3.02. The first-order valence-electron chi connectivity index (χ1n) is 6.33. The first-order chi connectivity index (χ1) is 8.34. The summed E-state index contributed by atoms with van der Waals surface area (Å²) in [4.78, 5) is 2.59. The van der Waals surface area contributed by atoms with Crippen molar-refractivity contribution in [2.24, 2.45) is 0 Å². The molecule has 0 saturated carbocycles. The largest absolute Gasteiger partial charge is 0.385 e. The number of fused-ring (bicyclic) bond motifs is 1. The van der Waals surface area contributed by atoms with Crippen molar-refractivity contribution in [3.63, 3.8) is 0 Å². The maximum Gasteiger partial charge on any atom is 0.0426 e. The zero-order chi connectivity index (χ0) is 11.7. The number of halogens is 1. The minimum atomic E-state index is 0.561. The lowest BCUT2D eigenvalue weighted by Gasteiger charge is -2.38. The Labute approximate surface area is 107 Å². The third-order valence-electron chi connectivity index (χ3n) is 3.70. The van der Waals surface area contributed by atoms with Crippen LogP contribution >= 0.6 is 11.6 Å². The second-order valence-corrected chi connectivity index (χ2v) is 5.19. The molecule has 0 aromatic heterocycles. The quantitative estimate of drug-likeness (QED) is 0.801. The maximum atomic E-state index is 6.05. The van der Waals surface area contributed by atoms with Crippen LogP contribution in [0.1, 0.15) is 18.0 Å². The maximum absolute atomic E-state index is 6.05. The zero-order valence-corrected chi connectivity index (χ0v) is 10.6. The number of nitrogens with one attached hydrogen (secondary N) is 2. The van der Waals surface area contributed by atoms with Crippen LogP contribution in [0, 0.1) is 0 Å². The lowest BCUT2D eigenvalue weighted by Crippen LogP contribution is -2.46. The average molecular weight is 252 g/mol. The Bertz CT molecular complexity index is 402. The molecule has 2 aliphatic heterocycles. The van der Waals surface area contributed by atoms with E-state index in [-0.39, 0.29) is 0 Å². The molecule has 0 radical (unpaired) electrons. The Morgan fingerprint density at radius 2 is 2.00 bits per heavy atom. The van der Waals surface area contributed by atoms with E-state index in [0.717, 1.165) is 37.7 Å². The molecule has 1 fully saturated rings. The highest BCUT2D eigenvalue weighted by atomic mass is 35.5. The fraction of sp³-hybridized carbons (Fsp3) is 0.538. The van der Waals surface area contributed by atoms with Crippen molar-refractivity contribution in [2.75, 3.05) is 38.0 Å². The summed E-state index contributed by atoms with van der Waals surface area (Å²) in [6, 6.07) is 6.79. The molecule has 17 heavy (non-hydrogen) atoms. The number of rotatable bonds is 1. The van der Waals surface area contributed by atoms with Crippen LogP contribution < -0.4 is 10.6 Å². The Morgan fingerprint density at radius 3 is 2.82 bits per heavy atom. The summed E-state index contributed by atoms with van der Waals surface area (Å²) in [5.41, 5.74) is 2.62. The summed E-state index contributed by atoms with van der Waals surface area (Å²) < 4.78 is 0. The molecule has 0 aliphatic carbocycles. The third-order valence-corrected chi connectivity index (χ3v) is 3.94. The highest BCUT2D eigenvalue weighted by Crippen LogP contribution is 2.35. The fourth-order valence-electron chi connectivity index (χ4n) is 2.84. The highest BCUT2D eigenvalue weighted by molar-refractivity contribution is 6.30. The van der Waals surface area contributed by atoms with Crippen LogP contribution in [0.3, 0.4) is 0 Å². The molecule has 0 amide bonds. The van der Waals surface area contributed by atoms with Gasteiger partial charge in [-0.15, -0.1) is 0 Å². The second kappa shape index (κ2) is 4.84. The van der Waals surface area contributed by atoms with Gasteiger partial charge in [0, 0.05) is 49.5 Å². The van der Waals surface area contributed by atoms with Crippen molar-refractivity contribution >= 4 is 17.3 Å². The van der Waals surface area contributed by atoms with Gasteiger partial charge in [0.2, 0.25) is 0 Å². The molecule has 92 valence electrons. The van der Waals surface area contributed by atoms with Gasteiger partial charge in [-0.3, -0.25) is 4.90 Å². The normalized spacial score (nSPS) is 25.1. The van der Waals surface area contributed by atoms with Crippen LogP contribution in [0.25, 0.3) is 0 Å². The van der Waals surface area contributed by atoms with Crippen molar-refractivity contribution in [1.82, 2.24) is 10.2 Å². The van der Waals surface area contributed by atoms with E-state index in [1.807, 2.05) is 12.1 Å². The van der Waals surface area contributed by atoms with Gasteiger partial charge in [0.05, 0.1) is 0 Å². The number of nitrogens with zero attached hydrogens (tertiary/aromatic N) is 1. The van der Waals surface area contributed by atoms with Crippen molar-refractivity contribution in [3.8, 4) is 0 Å². The topological polar surface area (TPSA) is 27.3 Å². The van der Waals surface area contributed by atoms with Gasteiger partial charge in [-0.2, -0.15) is 0 Å². The summed E-state index contributed by atoms with van der Waals surface area (Å²) in [6.45, 7) is 5.54. The van der Waals surface area contributed by atoms with Gasteiger partial charge in [-0.1, -0.05) is 17.7 Å². The number of benzene rings is 1. The van der Waals surface area contributed by atoms with Crippen LogP contribution in [-0.2, 0) is 0 Å². The number of hydrogen-bond acceptors (Lipinski definition) is 3. The average Bonchev–Trinajstić information content (AvgIpc) is 2.39. The first kappa shape index (κ1) is 11.3. The Morgan fingerprint density at radius 1 is 1.18 bits per heavy atom. The molecule has 0 spiro atoms. The molecule has 1 atom stereocenters. The van der Waals surface area contributed by atoms with Crippen molar-refractivity contribution in [2.45, 2.75) is 12.5 Å². The van der Waals surface area contributed by atoms with Crippen LogP contribution in [0.2, 0.25) is 5.02 Å². The molecule has 2 heterocycles. The number of piperazine rings is 1. The molecule has 1 saturated heterocycles. The van der Waals surface area contributed by atoms with E-state index >= 15 is 0 Å². The summed E-state index contributed by atoms with van der Waals surface area (Å²) >= 11 is 6.05. The molecule has 2 aliphatic rings. The Hall–Kier alpha value is -0.770. The summed E-state index contributed by atoms with van der Waals surface area (Å²) in [6.07, 6.45) is 1.19. The van der Waals surface area contributed by atoms with Crippen molar-refractivity contribution in [3.05, 3.63) is 28.8 Å². The molecule has 3 nitrogen and oxygen atoms in total. The molecular weight excluding hydrogens is 234 g/mol. The number of anilines is 1. The van der Waals surface area contributed by atoms with E-state index < -0.39 is 0 Å². The van der Waals surface area contributed by atoms with Gasteiger partial charge in [-0.25, -0.2) is 0 Å². The van der Waals surface area contributed by atoms with Gasteiger partial charge in [0.25, 0.3) is 0 Å². The van der Waals surface area contributed by atoms with Gasteiger partial charge < -0.3 is 10.6 Å². The summed E-state index contributed by atoms with van der Waals surface area (Å²) in [5, 5.41) is 7.67. The van der Waals surface area contributed by atoms with Crippen molar-refractivity contribution < 1.29 is 0 Å². The molecule has 3 rings (SSSR count). The smallest absolute Gasteiger partial charge is 0.0426 e. The molecule has 0 bridgehead atoms. The summed E-state index contributed by atoms with van der Waals surface area (Å²) in [5.74, 6) is 0. The molecule has 4 heteroatoms. The van der Waals surface area contributed by atoms with E-state index in [1.165, 1.54) is 17.7 Å². The predicted molar refractivity (Wildman–Crippen MR) is 71.7 cm³/mol. The highest BCUT2D eigenvalue weighted by Gasteiger charge is 2.26.